The van der Waals surface area contributed by atoms with E-state index in [0.717, 1.165) is 5.56 Å². The normalized spacial score (nSPS) is 18.9. The van der Waals surface area contributed by atoms with E-state index in [4.69, 9.17) is 0 Å². The molecule has 26 heavy (non-hydrogen) atoms. The van der Waals surface area contributed by atoms with E-state index in [-0.39, 0.29) is 22.9 Å². The largest absolute Gasteiger partial charge is 0.348 e. The third-order valence-corrected chi connectivity index (χ3v) is 6.12. The summed E-state index contributed by atoms with van der Waals surface area (Å²) >= 11 is 0. The Morgan fingerprint density at radius 1 is 1.23 bits per heavy atom. The fraction of sp³-hybridized carbons (Fsp3) is 0.235. The average Bonchev–Trinajstić information content (AvgIpc) is 3.18. The quantitative estimate of drug-likeness (QED) is 0.749. The van der Waals surface area contributed by atoms with Crippen molar-refractivity contribution in [2.75, 3.05) is 11.5 Å². The molecular formula is C17H15FN4O3S. The van der Waals surface area contributed by atoms with Crippen LogP contribution < -0.4 is 5.32 Å². The predicted octanol–water partition coefficient (Wildman–Crippen LogP) is 1.45. The van der Waals surface area contributed by atoms with E-state index in [0.29, 0.717) is 17.8 Å². The summed E-state index contributed by atoms with van der Waals surface area (Å²) in [6.45, 7) is 0. The third kappa shape index (κ3) is 3.05. The number of amides is 1. The Hall–Kier alpha value is -2.81. The summed E-state index contributed by atoms with van der Waals surface area (Å²) in [7, 11) is -3.08. The van der Waals surface area contributed by atoms with Crippen molar-refractivity contribution in [1.82, 2.24) is 19.9 Å². The van der Waals surface area contributed by atoms with Crippen LogP contribution in [0.3, 0.4) is 0 Å². The molecule has 0 radical (unpaired) electrons. The van der Waals surface area contributed by atoms with Gasteiger partial charge in [0.05, 0.1) is 23.4 Å². The molecule has 1 aliphatic rings. The number of halogens is 1. The lowest BCUT2D eigenvalue weighted by Crippen LogP contribution is -2.35. The Balaban J connectivity index is 1.66. The first-order chi connectivity index (χ1) is 12.4. The number of hydrogen-bond acceptors (Lipinski definition) is 5. The summed E-state index contributed by atoms with van der Waals surface area (Å²) < 4.78 is 37.7. The number of rotatable bonds is 3. The van der Waals surface area contributed by atoms with Crippen LogP contribution in [0.1, 0.15) is 16.8 Å². The maximum absolute atomic E-state index is 13.1. The Kier molecular flexibility index (Phi) is 3.95. The van der Waals surface area contributed by atoms with Crippen molar-refractivity contribution in [3.05, 3.63) is 54.1 Å². The number of nitrogens with one attached hydrogen (secondary N) is 1. The molecule has 9 heteroatoms. The van der Waals surface area contributed by atoms with Gasteiger partial charge in [-0.3, -0.25) is 4.79 Å². The molecule has 3 aromatic rings. The van der Waals surface area contributed by atoms with Gasteiger partial charge in [0.2, 0.25) is 0 Å². The number of aromatic nitrogens is 3. The summed E-state index contributed by atoms with van der Waals surface area (Å²) in [5.74, 6) is -0.719. The number of sulfone groups is 1. The summed E-state index contributed by atoms with van der Waals surface area (Å²) in [5.41, 5.74) is 2.01. The Bertz CT molecular complexity index is 1090. The molecule has 0 bridgehead atoms. The monoisotopic (exact) mass is 374 g/mol. The van der Waals surface area contributed by atoms with Gasteiger partial charge in [0.25, 0.3) is 5.91 Å². The highest BCUT2D eigenvalue weighted by atomic mass is 32.2. The summed E-state index contributed by atoms with van der Waals surface area (Å²) in [4.78, 5) is 16.7. The van der Waals surface area contributed by atoms with Crippen LogP contribution in [0.25, 0.3) is 16.9 Å². The van der Waals surface area contributed by atoms with Crippen LogP contribution in [0.4, 0.5) is 4.39 Å². The van der Waals surface area contributed by atoms with Gasteiger partial charge in [-0.15, -0.1) is 0 Å². The molecule has 7 nitrogen and oxygen atoms in total. The first-order valence-corrected chi connectivity index (χ1v) is 9.85. The SMILES string of the molecule is O=C(N[C@@H]1CCS(=O)(=O)C1)c1cnn2c(-c3ccc(F)cc3)ccnc12. The van der Waals surface area contributed by atoms with E-state index in [1.807, 2.05) is 0 Å². The topological polar surface area (TPSA) is 93.4 Å². The van der Waals surface area contributed by atoms with E-state index in [2.05, 4.69) is 15.4 Å². The smallest absolute Gasteiger partial charge is 0.257 e. The zero-order valence-electron chi connectivity index (χ0n) is 13.6. The second kappa shape index (κ2) is 6.17. The van der Waals surface area contributed by atoms with Gasteiger partial charge in [0.15, 0.2) is 15.5 Å². The highest BCUT2D eigenvalue weighted by Gasteiger charge is 2.30. The van der Waals surface area contributed by atoms with Gasteiger partial charge >= 0.3 is 0 Å². The molecule has 4 rings (SSSR count). The van der Waals surface area contributed by atoms with Crippen molar-refractivity contribution < 1.29 is 17.6 Å². The molecule has 1 saturated heterocycles. The maximum Gasteiger partial charge on any atom is 0.257 e. The van der Waals surface area contributed by atoms with Crippen LogP contribution in [0, 0.1) is 5.82 Å². The van der Waals surface area contributed by atoms with Crippen LogP contribution >= 0.6 is 0 Å². The van der Waals surface area contributed by atoms with Gasteiger partial charge in [-0.05, 0) is 36.8 Å². The van der Waals surface area contributed by atoms with Crippen molar-refractivity contribution in [2.45, 2.75) is 12.5 Å². The molecule has 0 saturated carbocycles. The molecule has 3 heterocycles. The summed E-state index contributed by atoms with van der Waals surface area (Å²) in [6.07, 6.45) is 3.35. The molecule has 1 aromatic carbocycles. The van der Waals surface area contributed by atoms with Crippen LogP contribution in [0.5, 0.6) is 0 Å². The number of hydrogen-bond donors (Lipinski definition) is 1. The molecule has 1 amide bonds. The molecule has 1 aliphatic heterocycles. The highest BCUT2D eigenvalue weighted by molar-refractivity contribution is 7.91. The van der Waals surface area contributed by atoms with Crippen LogP contribution in [-0.2, 0) is 9.84 Å². The lowest BCUT2D eigenvalue weighted by Gasteiger charge is -2.10. The van der Waals surface area contributed by atoms with Gasteiger partial charge < -0.3 is 5.32 Å². The Labute approximate surface area is 148 Å². The van der Waals surface area contributed by atoms with Crippen LogP contribution in [0.2, 0.25) is 0 Å². The second-order valence-electron chi connectivity index (χ2n) is 6.20. The molecule has 1 N–H and O–H groups in total. The van der Waals surface area contributed by atoms with E-state index < -0.39 is 21.8 Å². The van der Waals surface area contributed by atoms with Crippen LogP contribution in [-0.4, -0.2) is 46.5 Å². The van der Waals surface area contributed by atoms with Crippen molar-refractivity contribution in [2.24, 2.45) is 0 Å². The fourth-order valence-electron chi connectivity index (χ4n) is 3.06. The molecule has 0 unspecified atom stereocenters. The molecule has 0 aliphatic carbocycles. The molecule has 1 atom stereocenters. The van der Waals surface area contributed by atoms with Crippen molar-refractivity contribution in [1.29, 1.82) is 0 Å². The first kappa shape index (κ1) is 16.6. The zero-order valence-corrected chi connectivity index (χ0v) is 14.4. The van der Waals surface area contributed by atoms with Crippen LogP contribution in [0.15, 0.2) is 42.7 Å². The van der Waals surface area contributed by atoms with Crippen molar-refractivity contribution >= 4 is 21.4 Å². The fourth-order valence-corrected chi connectivity index (χ4v) is 4.74. The van der Waals surface area contributed by atoms with E-state index in [9.17, 15) is 17.6 Å². The van der Waals surface area contributed by atoms with Gasteiger partial charge in [-0.1, -0.05) is 0 Å². The summed E-state index contributed by atoms with van der Waals surface area (Å²) in [6, 6.07) is 7.25. The summed E-state index contributed by atoms with van der Waals surface area (Å²) in [5, 5.41) is 6.96. The number of fused-ring (bicyclic) bond motifs is 1. The highest BCUT2D eigenvalue weighted by Crippen LogP contribution is 2.21. The predicted molar refractivity (Wildman–Crippen MR) is 92.9 cm³/mol. The van der Waals surface area contributed by atoms with E-state index >= 15 is 0 Å². The molecule has 0 spiro atoms. The minimum atomic E-state index is -3.08. The zero-order chi connectivity index (χ0) is 18.3. The lowest BCUT2D eigenvalue weighted by molar-refractivity contribution is 0.0942. The lowest BCUT2D eigenvalue weighted by atomic mass is 10.1. The number of nitrogens with zero attached hydrogens (tertiary/aromatic N) is 3. The van der Waals surface area contributed by atoms with Gasteiger partial charge in [0, 0.05) is 17.8 Å². The number of carbonyl (C=O) groups is 1. The Morgan fingerprint density at radius 2 is 2.00 bits per heavy atom. The minimum absolute atomic E-state index is 0.0494. The van der Waals surface area contributed by atoms with E-state index in [1.165, 1.54) is 22.8 Å². The minimum Gasteiger partial charge on any atom is -0.348 e. The molecule has 1 fully saturated rings. The molecule has 134 valence electrons. The van der Waals surface area contributed by atoms with Crippen molar-refractivity contribution in [3.63, 3.8) is 0 Å². The average molecular weight is 374 g/mol. The first-order valence-electron chi connectivity index (χ1n) is 8.03. The molecule has 2 aromatic heterocycles. The second-order valence-corrected chi connectivity index (χ2v) is 8.43. The standard InChI is InChI=1S/C17H15FN4O3S/c18-12-3-1-11(2-4-12)15-5-7-19-16-14(9-20-22(15)16)17(23)21-13-6-8-26(24,25)10-13/h1-5,7,9,13H,6,8,10H2,(H,21,23)/t13-/m1/s1. The number of benzene rings is 1. The van der Waals surface area contributed by atoms with Gasteiger partial charge in [-0.2, -0.15) is 5.10 Å². The van der Waals surface area contributed by atoms with Gasteiger partial charge in [0.1, 0.15) is 11.4 Å². The Morgan fingerprint density at radius 3 is 2.69 bits per heavy atom. The van der Waals surface area contributed by atoms with Crippen molar-refractivity contribution in [3.8, 4) is 11.3 Å². The molecular weight excluding hydrogens is 359 g/mol. The third-order valence-electron chi connectivity index (χ3n) is 4.35. The maximum atomic E-state index is 13.1. The van der Waals surface area contributed by atoms with E-state index in [1.54, 1.807) is 24.4 Å². The number of carbonyl (C=O) groups excluding carboxylic acids is 1. The van der Waals surface area contributed by atoms with Gasteiger partial charge in [-0.25, -0.2) is 22.3 Å².